The maximum atomic E-state index is 10.6. The summed E-state index contributed by atoms with van der Waals surface area (Å²) in [5, 5.41) is 4.74. The quantitative estimate of drug-likeness (QED) is 0.702. The van der Waals surface area contributed by atoms with Gasteiger partial charge in [-0.05, 0) is 22.0 Å². The lowest BCUT2D eigenvalue weighted by atomic mass is 10.4. The Hall–Kier alpha value is -0.860. The normalized spacial score (nSPS) is 11.2. The van der Waals surface area contributed by atoms with Crippen molar-refractivity contribution in [3.8, 4) is 0 Å². The van der Waals surface area contributed by atoms with Gasteiger partial charge in [0.1, 0.15) is 0 Å². The third kappa shape index (κ3) is 3.17. The summed E-state index contributed by atoms with van der Waals surface area (Å²) in [4.78, 5) is 3.72. The van der Waals surface area contributed by atoms with Gasteiger partial charge in [-0.15, -0.1) is 0 Å². The Morgan fingerprint density at radius 3 is 2.62 bits per heavy atom. The van der Waals surface area contributed by atoms with Crippen LogP contribution in [0, 0.1) is 0 Å². The van der Waals surface area contributed by atoms with E-state index >= 15 is 0 Å². The number of hydrogen-bond acceptors (Lipinski definition) is 4. The van der Waals surface area contributed by atoms with E-state index in [0.29, 0.717) is 10.2 Å². The number of nitrogens with zero attached hydrogens (tertiary/aromatic N) is 1. The molecule has 0 amide bonds. The number of nitrogen functional groups attached to an aromatic ring is 1. The summed E-state index contributed by atoms with van der Waals surface area (Å²) in [5.74, 6) is 0.108. The Kier molecular flexibility index (Phi) is 2.74. The first kappa shape index (κ1) is 10.2. The van der Waals surface area contributed by atoms with Crippen LogP contribution >= 0.6 is 15.9 Å². The van der Waals surface area contributed by atoms with Crippen molar-refractivity contribution < 1.29 is 8.42 Å². The van der Waals surface area contributed by atoms with Gasteiger partial charge in [-0.3, -0.25) is 4.72 Å². The van der Waals surface area contributed by atoms with Crippen molar-refractivity contribution in [2.24, 2.45) is 5.14 Å². The maximum absolute atomic E-state index is 10.6. The summed E-state index contributed by atoms with van der Waals surface area (Å²) in [7, 11) is -3.80. The molecule has 13 heavy (non-hydrogen) atoms. The molecule has 72 valence electrons. The first-order valence-corrected chi connectivity index (χ1v) is 5.44. The van der Waals surface area contributed by atoms with E-state index in [1.165, 1.54) is 12.3 Å². The number of aromatic nitrogens is 1. The number of nitrogens with two attached hydrogens (primary N) is 2. The highest BCUT2D eigenvalue weighted by molar-refractivity contribution is 9.10. The van der Waals surface area contributed by atoms with Crippen molar-refractivity contribution >= 4 is 37.6 Å². The van der Waals surface area contributed by atoms with Gasteiger partial charge < -0.3 is 5.73 Å². The van der Waals surface area contributed by atoms with Crippen LogP contribution in [0.3, 0.4) is 0 Å². The van der Waals surface area contributed by atoms with E-state index in [1.807, 2.05) is 4.72 Å². The molecule has 8 heteroatoms. The van der Waals surface area contributed by atoms with E-state index < -0.39 is 10.2 Å². The summed E-state index contributed by atoms with van der Waals surface area (Å²) in [6.07, 6.45) is 1.32. The van der Waals surface area contributed by atoms with Crippen LogP contribution in [0.1, 0.15) is 0 Å². The molecule has 0 saturated heterocycles. The van der Waals surface area contributed by atoms with Gasteiger partial charge in [0, 0.05) is 0 Å². The zero-order chi connectivity index (χ0) is 10.1. The molecule has 0 saturated carbocycles. The van der Waals surface area contributed by atoms with Gasteiger partial charge in [-0.2, -0.15) is 8.42 Å². The predicted molar refractivity (Wildman–Crippen MR) is 53.1 cm³/mol. The molecule has 0 aromatic carbocycles. The van der Waals surface area contributed by atoms with E-state index in [2.05, 4.69) is 20.9 Å². The van der Waals surface area contributed by atoms with Gasteiger partial charge in [0.25, 0.3) is 10.2 Å². The Bertz CT molecular complexity index is 419. The average Bonchev–Trinajstić information content (AvgIpc) is 1.93. The fourth-order valence-electron chi connectivity index (χ4n) is 0.663. The van der Waals surface area contributed by atoms with Gasteiger partial charge >= 0.3 is 0 Å². The highest BCUT2D eigenvalue weighted by Crippen LogP contribution is 2.21. The highest BCUT2D eigenvalue weighted by atomic mass is 79.9. The van der Waals surface area contributed by atoms with Crippen LogP contribution in [-0.2, 0) is 10.2 Å². The average molecular weight is 267 g/mol. The van der Waals surface area contributed by atoms with Gasteiger partial charge in [-0.25, -0.2) is 10.1 Å². The number of pyridine rings is 1. The molecule has 0 unspecified atom stereocenters. The van der Waals surface area contributed by atoms with E-state index in [9.17, 15) is 8.42 Å². The van der Waals surface area contributed by atoms with Crippen LogP contribution in [-0.4, -0.2) is 13.4 Å². The summed E-state index contributed by atoms with van der Waals surface area (Å²) in [6, 6.07) is 1.51. The Morgan fingerprint density at radius 1 is 1.54 bits per heavy atom. The summed E-state index contributed by atoms with van der Waals surface area (Å²) < 4.78 is 23.7. The van der Waals surface area contributed by atoms with Gasteiger partial charge in [0.2, 0.25) is 0 Å². The molecule has 6 nitrogen and oxygen atoms in total. The lowest BCUT2D eigenvalue weighted by molar-refractivity contribution is 0.602. The molecule has 0 radical (unpaired) electrons. The van der Waals surface area contributed by atoms with Gasteiger partial charge in [0.15, 0.2) is 5.82 Å². The zero-order valence-electron chi connectivity index (χ0n) is 6.36. The minimum atomic E-state index is -3.80. The standard InChI is InChI=1S/C5H7BrN4O2S/c6-4-1-3(7)2-9-5(4)10-13(8,11)12/h1-2H,7H2,(H,9,10)(H2,8,11,12). The minimum absolute atomic E-state index is 0.108. The molecule has 0 bridgehead atoms. The first-order chi connectivity index (χ1) is 5.88. The fraction of sp³-hybridized carbons (Fsp3) is 0. The van der Waals surface area contributed by atoms with Crippen LogP contribution in [0.25, 0.3) is 0 Å². The van der Waals surface area contributed by atoms with Gasteiger partial charge in [-0.1, -0.05) is 0 Å². The third-order valence-corrected chi connectivity index (χ3v) is 2.18. The molecule has 0 aliphatic heterocycles. The molecule has 0 fully saturated rings. The molecule has 1 heterocycles. The van der Waals surface area contributed by atoms with Gasteiger partial charge in [0.05, 0.1) is 16.4 Å². The first-order valence-electron chi connectivity index (χ1n) is 3.10. The molecular formula is C5H7BrN4O2S. The largest absolute Gasteiger partial charge is 0.397 e. The van der Waals surface area contributed by atoms with Crippen molar-refractivity contribution in [2.45, 2.75) is 0 Å². The van der Waals surface area contributed by atoms with Crippen LogP contribution in [0.2, 0.25) is 0 Å². The monoisotopic (exact) mass is 266 g/mol. The number of rotatable bonds is 2. The van der Waals surface area contributed by atoms with Crippen LogP contribution in [0.15, 0.2) is 16.7 Å². The molecule has 0 aliphatic carbocycles. The van der Waals surface area contributed by atoms with Crippen molar-refractivity contribution in [2.75, 3.05) is 10.5 Å². The second-order valence-electron chi connectivity index (χ2n) is 2.25. The van der Waals surface area contributed by atoms with Crippen LogP contribution in [0.4, 0.5) is 11.5 Å². The lowest BCUT2D eigenvalue weighted by Crippen LogP contribution is -2.22. The third-order valence-electron chi connectivity index (χ3n) is 1.10. The second-order valence-corrected chi connectivity index (χ2v) is 4.39. The van der Waals surface area contributed by atoms with Crippen molar-refractivity contribution in [3.63, 3.8) is 0 Å². The number of nitrogens with one attached hydrogen (secondary N) is 1. The maximum Gasteiger partial charge on any atom is 0.297 e. The van der Waals surface area contributed by atoms with Crippen LogP contribution < -0.4 is 15.6 Å². The molecule has 1 aromatic rings. The van der Waals surface area contributed by atoms with E-state index in [-0.39, 0.29) is 5.82 Å². The van der Waals surface area contributed by atoms with E-state index in [0.717, 1.165) is 0 Å². The molecule has 0 spiro atoms. The minimum Gasteiger partial charge on any atom is -0.397 e. The summed E-state index contributed by atoms with van der Waals surface area (Å²) >= 11 is 3.07. The molecule has 0 atom stereocenters. The molecule has 5 N–H and O–H groups in total. The lowest BCUT2D eigenvalue weighted by Gasteiger charge is -2.04. The highest BCUT2D eigenvalue weighted by Gasteiger charge is 2.07. The predicted octanol–water partition coefficient (Wildman–Crippen LogP) is 0.0417. The van der Waals surface area contributed by atoms with E-state index in [4.69, 9.17) is 10.9 Å². The second kappa shape index (κ2) is 3.48. The Morgan fingerprint density at radius 2 is 2.15 bits per heavy atom. The van der Waals surface area contributed by atoms with Crippen LogP contribution in [0.5, 0.6) is 0 Å². The number of anilines is 2. The Labute approximate surface area is 83.6 Å². The van der Waals surface area contributed by atoms with Crippen molar-refractivity contribution in [1.29, 1.82) is 0 Å². The van der Waals surface area contributed by atoms with Crippen molar-refractivity contribution in [1.82, 2.24) is 4.98 Å². The zero-order valence-corrected chi connectivity index (χ0v) is 8.76. The summed E-state index contributed by atoms with van der Waals surface area (Å²) in [6.45, 7) is 0. The van der Waals surface area contributed by atoms with E-state index in [1.54, 1.807) is 0 Å². The Balaban J connectivity index is 3.04. The SMILES string of the molecule is Nc1cnc(NS(N)(=O)=O)c(Br)c1. The molecule has 0 aliphatic rings. The smallest absolute Gasteiger partial charge is 0.297 e. The fourth-order valence-corrected chi connectivity index (χ4v) is 1.69. The molecule has 1 aromatic heterocycles. The molecular weight excluding hydrogens is 260 g/mol. The molecule has 1 rings (SSSR count). The van der Waals surface area contributed by atoms with Crippen molar-refractivity contribution in [3.05, 3.63) is 16.7 Å². The topological polar surface area (TPSA) is 111 Å². The summed E-state index contributed by atoms with van der Waals surface area (Å²) in [5.41, 5.74) is 5.81. The number of hydrogen-bond donors (Lipinski definition) is 3. The number of halogens is 1.